The molecule has 0 spiro atoms. The van der Waals surface area contributed by atoms with E-state index in [0.29, 0.717) is 5.69 Å². The van der Waals surface area contributed by atoms with Crippen molar-refractivity contribution in [3.05, 3.63) is 29.1 Å². The molecule has 0 aromatic carbocycles. The topological polar surface area (TPSA) is 65.8 Å². The first kappa shape index (κ1) is 9.20. The van der Waals surface area contributed by atoms with Crippen molar-refractivity contribution < 1.29 is 4.79 Å². The third-order valence-electron chi connectivity index (χ3n) is 1.66. The molecule has 1 N–H and O–H groups in total. The molecule has 1 amide bonds. The number of carbonyl (C=O) groups excluding carboxylic acids is 1. The standard InChI is InChI=1S/C9H9N3O/c1-6-3-4-7(9(13)11-2)12-8(6)5-10/h3-4H,1-2H3,(H,11,13). The van der Waals surface area contributed by atoms with Gasteiger partial charge in [0.1, 0.15) is 17.5 Å². The summed E-state index contributed by atoms with van der Waals surface area (Å²) in [4.78, 5) is 15.0. The maximum atomic E-state index is 11.1. The summed E-state index contributed by atoms with van der Waals surface area (Å²) in [6.07, 6.45) is 0. The Hall–Kier alpha value is -1.89. The fraction of sp³-hybridized carbons (Fsp3) is 0.222. The zero-order chi connectivity index (χ0) is 9.84. The van der Waals surface area contributed by atoms with Crippen LogP contribution in [0, 0.1) is 18.3 Å². The minimum atomic E-state index is -0.281. The Kier molecular flexibility index (Phi) is 2.60. The summed E-state index contributed by atoms with van der Waals surface area (Å²) >= 11 is 0. The number of carbonyl (C=O) groups is 1. The monoisotopic (exact) mass is 175 g/mol. The van der Waals surface area contributed by atoms with Crippen LogP contribution in [0.25, 0.3) is 0 Å². The number of nitriles is 1. The Morgan fingerprint density at radius 2 is 2.31 bits per heavy atom. The Morgan fingerprint density at radius 1 is 1.62 bits per heavy atom. The Labute approximate surface area is 76.2 Å². The molecule has 4 heteroatoms. The number of amides is 1. The molecule has 66 valence electrons. The predicted molar refractivity (Wildman–Crippen MR) is 47.1 cm³/mol. The largest absolute Gasteiger partial charge is 0.354 e. The first-order chi connectivity index (χ1) is 6.19. The lowest BCUT2D eigenvalue weighted by Crippen LogP contribution is -2.19. The van der Waals surface area contributed by atoms with Gasteiger partial charge in [-0.1, -0.05) is 6.07 Å². The lowest BCUT2D eigenvalue weighted by molar-refractivity contribution is 0.0958. The third kappa shape index (κ3) is 1.82. The second-order valence-electron chi connectivity index (χ2n) is 2.55. The molecule has 13 heavy (non-hydrogen) atoms. The van der Waals surface area contributed by atoms with E-state index in [1.54, 1.807) is 19.1 Å². The van der Waals surface area contributed by atoms with Crippen LogP contribution in [0.3, 0.4) is 0 Å². The van der Waals surface area contributed by atoms with Gasteiger partial charge in [-0.3, -0.25) is 4.79 Å². The second kappa shape index (κ2) is 3.68. The van der Waals surface area contributed by atoms with E-state index in [0.717, 1.165) is 5.56 Å². The highest BCUT2D eigenvalue weighted by Crippen LogP contribution is 2.04. The molecule has 0 bridgehead atoms. The van der Waals surface area contributed by atoms with Crippen LogP contribution in [-0.4, -0.2) is 17.9 Å². The summed E-state index contributed by atoms with van der Waals surface area (Å²) in [6, 6.07) is 5.22. The molecule has 0 aliphatic carbocycles. The number of aromatic nitrogens is 1. The van der Waals surface area contributed by atoms with Gasteiger partial charge >= 0.3 is 0 Å². The molecule has 0 aliphatic heterocycles. The fourth-order valence-electron chi connectivity index (χ4n) is 0.896. The van der Waals surface area contributed by atoms with Crippen LogP contribution < -0.4 is 5.32 Å². The van der Waals surface area contributed by atoms with Gasteiger partial charge in [0.2, 0.25) is 0 Å². The Morgan fingerprint density at radius 3 is 2.85 bits per heavy atom. The quantitative estimate of drug-likeness (QED) is 0.680. The molecule has 4 nitrogen and oxygen atoms in total. The maximum Gasteiger partial charge on any atom is 0.269 e. The predicted octanol–water partition coefficient (Wildman–Crippen LogP) is 0.621. The Balaban J connectivity index is 3.15. The molecule has 1 heterocycles. The Bertz CT molecular complexity index is 379. The zero-order valence-electron chi connectivity index (χ0n) is 7.46. The molecule has 1 rings (SSSR count). The second-order valence-corrected chi connectivity index (χ2v) is 2.55. The van der Waals surface area contributed by atoms with Crippen molar-refractivity contribution in [3.8, 4) is 6.07 Å². The first-order valence-corrected chi connectivity index (χ1v) is 3.79. The maximum absolute atomic E-state index is 11.1. The van der Waals surface area contributed by atoms with E-state index in [4.69, 9.17) is 5.26 Å². The molecule has 0 fully saturated rings. The average Bonchev–Trinajstić information content (AvgIpc) is 2.17. The summed E-state index contributed by atoms with van der Waals surface area (Å²) in [6.45, 7) is 1.78. The molecule has 0 unspecified atom stereocenters. The lowest BCUT2D eigenvalue weighted by atomic mass is 10.2. The van der Waals surface area contributed by atoms with E-state index in [-0.39, 0.29) is 11.6 Å². The number of rotatable bonds is 1. The van der Waals surface area contributed by atoms with Crippen LogP contribution in [0.1, 0.15) is 21.7 Å². The van der Waals surface area contributed by atoms with Crippen LogP contribution in [0.2, 0.25) is 0 Å². The molecule has 0 saturated heterocycles. The SMILES string of the molecule is CNC(=O)c1ccc(C)c(C#N)n1. The van der Waals surface area contributed by atoms with Gasteiger partial charge in [0.15, 0.2) is 0 Å². The molecular formula is C9H9N3O. The normalized spacial score (nSPS) is 9.00. The van der Waals surface area contributed by atoms with E-state index in [2.05, 4.69) is 10.3 Å². The van der Waals surface area contributed by atoms with E-state index in [1.165, 1.54) is 7.05 Å². The van der Waals surface area contributed by atoms with Crippen molar-refractivity contribution >= 4 is 5.91 Å². The summed E-state index contributed by atoms with van der Waals surface area (Å²) in [5, 5.41) is 11.1. The minimum Gasteiger partial charge on any atom is -0.354 e. The van der Waals surface area contributed by atoms with E-state index in [1.807, 2.05) is 6.07 Å². The van der Waals surface area contributed by atoms with Gasteiger partial charge in [-0.05, 0) is 18.6 Å². The van der Waals surface area contributed by atoms with Crippen molar-refractivity contribution in [3.63, 3.8) is 0 Å². The highest BCUT2D eigenvalue weighted by Gasteiger charge is 2.06. The summed E-state index contributed by atoms with van der Waals surface area (Å²) < 4.78 is 0. The number of hydrogen-bond donors (Lipinski definition) is 1. The van der Waals surface area contributed by atoms with Crippen LogP contribution in [0.4, 0.5) is 0 Å². The van der Waals surface area contributed by atoms with Crippen molar-refractivity contribution in [2.24, 2.45) is 0 Å². The smallest absolute Gasteiger partial charge is 0.269 e. The van der Waals surface area contributed by atoms with E-state index >= 15 is 0 Å². The lowest BCUT2D eigenvalue weighted by Gasteiger charge is -2.00. The van der Waals surface area contributed by atoms with E-state index in [9.17, 15) is 4.79 Å². The minimum absolute atomic E-state index is 0.268. The fourth-order valence-corrected chi connectivity index (χ4v) is 0.896. The number of nitrogens with zero attached hydrogens (tertiary/aromatic N) is 2. The van der Waals surface area contributed by atoms with Crippen molar-refractivity contribution in [2.45, 2.75) is 6.92 Å². The van der Waals surface area contributed by atoms with Gasteiger partial charge < -0.3 is 5.32 Å². The third-order valence-corrected chi connectivity index (χ3v) is 1.66. The number of pyridine rings is 1. The molecule has 1 aromatic rings. The van der Waals surface area contributed by atoms with Gasteiger partial charge in [0, 0.05) is 7.05 Å². The highest BCUT2D eigenvalue weighted by atomic mass is 16.1. The van der Waals surface area contributed by atoms with Gasteiger partial charge in [-0.2, -0.15) is 5.26 Å². The molecule has 0 radical (unpaired) electrons. The van der Waals surface area contributed by atoms with Crippen molar-refractivity contribution in [1.29, 1.82) is 5.26 Å². The van der Waals surface area contributed by atoms with Crippen LogP contribution in [0.5, 0.6) is 0 Å². The molecule has 0 aliphatic rings. The molecule has 1 aromatic heterocycles. The van der Waals surface area contributed by atoms with Gasteiger partial charge in [-0.15, -0.1) is 0 Å². The number of nitrogens with one attached hydrogen (secondary N) is 1. The zero-order valence-corrected chi connectivity index (χ0v) is 7.46. The number of hydrogen-bond acceptors (Lipinski definition) is 3. The van der Waals surface area contributed by atoms with Crippen LogP contribution >= 0.6 is 0 Å². The van der Waals surface area contributed by atoms with E-state index < -0.39 is 0 Å². The van der Waals surface area contributed by atoms with Crippen LogP contribution in [0.15, 0.2) is 12.1 Å². The van der Waals surface area contributed by atoms with Gasteiger partial charge in [0.05, 0.1) is 0 Å². The van der Waals surface area contributed by atoms with Crippen molar-refractivity contribution in [1.82, 2.24) is 10.3 Å². The first-order valence-electron chi connectivity index (χ1n) is 3.79. The molecule has 0 saturated carbocycles. The highest BCUT2D eigenvalue weighted by molar-refractivity contribution is 5.92. The number of aryl methyl sites for hydroxylation is 1. The van der Waals surface area contributed by atoms with Crippen LogP contribution in [-0.2, 0) is 0 Å². The van der Waals surface area contributed by atoms with Gasteiger partial charge in [-0.25, -0.2) is 4.98 Å². The summed E-state index contributed by atoms with van der Waals surface area (Å²) in [7, 11) is 1.52. The summed E-state index contributed by atoms with van der Waals surface area (Å²) in [5.74, 6) is -0.281. The summed E-state index contributed by atoms with van der Waals surface area (Å²) in [5.41, 5.74) is 1.33. The average molecular weight is 175 g/mol. The molecular weight excluding hydrogens is 166 g/mol. The van der Waals surface area contributed by atoms with Gasteiger partial charge in [0.25, 0.3) is 5.91 Å². The van der Waals surface area contributed by atoms with Crippen molar-refractivity contribution in [2.75, 3.05) is 7.05 Å². The molecule has 0 atom stereocenters.